The minimum atomic E-state index is -0.0178. The van der Waals surface area contributed by atoms with Gasteiger partial charge >= 0.3 is 0 Å². The summed E-state index contributed by atoms with van der Waals surface area (Å²) < 4.78 is 5.17. The first-order chi connectivity index (χ1) is 9.40. The van der Waals surface area contributed by atoms with Crippen molar-refractivity contribution in [2.75, 3.05) is 20.2 Å². The van der Waals surface area contributed by atoms with Crippen LogP contribution in [0.1, 0.15) is 38.9 Å². The minimum Gasteiger partial charge on any atom is -0.497 e. The highest BCUT2D eigenvalue weighted by molar-refractivity contribution is 5.80. The monoisotopic (exact) mass is 276 g/mol. The number of nitrogens with one attached hydrogen (secondary N) is 1. The van der Waals surface area contributed by atoms with E-state index in [0.29, 0.717) is 6.54 Å². The van der Waals surface area contributed by atoms with Crippen LogP contribution in [-0.2, 0) is 4.79 Å². The maximum atomic E-state index is 12.0. The summed E-state index contributed by atoms with van der Waals surface area (Å²) in [7, 11) is 1.65. The molecule has 2 rings (SSSR count). The van der Waals surface area contributed by atoms with Gasteiger partial charge in [-0.25, -0.2) is 0 Å². The van der Waals surface area contributed by atoms with Crippen LogP contribution in [0.4, 0.5) is 0 Å². The predicted molar refractivity (Wildman–Crippen MR) is 79.5 cm³/mol. The van der Waals surface area contributed by atoms with Gasteiger partial charge in [-0.1, -0.05) is 32.9 Å². The summed E-state index contributed by atoms with van der Waals surface area (Å²) in [5.41, 5.74) is 1.33. The molecular weight excluding hydrogens is 252 g/mol. The third kappa shape index (κ3) is 3.51. The third-order valence-corrected chi connectivity index (χ3v) is 3.61. The minimum absolute atomic E-state index is 0.0178. The number of nitrogens with zero attached hydrogens (tertiary/aromatic N) is 1. The van der Waals surface area contributed by atoms with Crippen LogP contribution in [0.25, 0.3) is 0 Å². The van der Waals surface area contributed by atoms with Gasteiger partial charge in [0.1, 0.15) is 11.9 Å². The van der Waals surface area contributed by atoms with Gasteiger partial charge < -0.3 is 9.64 Å². The van der Waals surface area contributed by atoms with Gasteiger partial charge in [-0.15, -0.1) is 0 Å². The Hall–Kier alpha value is -1.55. The Kier molecular flexibility index (Phi) is 4.33. The topological polar surface area (TPSA) is 41.6 Å². The smallest absolute Gasteiger partial charge is 0.238 e. The number of carbonyl (C=O) groups excluding carboxylic acids is 1. The molecule has 1 atom stereocenters. The summed E-state index contributed by atoms with van der Waals surface area (Å²) in [5.74, 6) is 1.01. The van der Waals surface area contributed by atoms with E-state index in [0.717, 1.165) is 24.3 Å². The second-order valence-electron chi connectivity index (χ2n) is 6.45. The van der Waals surface area contributed by atoms with E-state index in [2.05, 4.69) is 26.1 Å². The van der Waals surface area contributed by atoms with Crippen molar-refractivity contribution < 1.29 is 9.53 Å². The lowest BCUT2D eigenvalue weighted by Crippen LogP contribution is -2.33. The van der Waals surface area contributed by atoms with Crippen molar-refractivity contribution >= 4 is 5.91 Å². The van der Waals surface area contributed by atoms with Gasteiger partial charge in [0.15, 0.2) is 0 Å². The molecule has 1 aliphatic heterocycles. The fourth-order valence-corrected chi connectivity index (χ4v) is 2.33. The van der Waals surface area contributed by atoms with Crippen molar-refractivity contribution in [3.05, 3.63) is 29.8 Å². The summed E-state index contributed by atoms with van der Waals surface area (Å²) in [6, 6.07) is 7.89. The van der Waals surface area contributed by atoms with Gasteiger partial charge in [-0.2, -0.15) is 0 Å². The van der Waals surface area contributed by atoms with Gasteiger partial charge in [-0.3, -0.25) is 10.1 Å². The standard InChI is InChI=1S/C16H24N2O2/c1-16(2,3)9-10-18-14(19)11-17-15(18)12-5-7-13(20-4)8-6-12/h5-8,15,17H,9-11H2,1-4H3. The average Bonchev–Trinajstić information content (AvgIpc) is 2.77. The first-order valence-corrected chi connectivity index (χ1v) is 7.07. The zero-order valence-electron chi connectivity index (χ0n) is 12.8. The van der Waals surface area contributed by atoms with E-state index in [9.17, 15) is 4.79 Å². The van der Waals surface area contributed by atoms with Crippen LogP contribution in [0.2, 0.25) is 0 Å². The normalized spacial score (nSPS) is 19.5. The molecule has 1 unspecified atom stereocenters. The molecule has 1 aromatic rings. The number of benzene rings is 1. The fourth-order valence-electron chi connectivity index (χ4n) is 2.33. The van der Waals surface area contributed by atoms with E-state index in [1.165, 1.54) is 0 Å². The highest BCUT2D eigenvalue weighted by Crippen LogP contribution is 2.27. The number of methoxy groups -OCH3 is 1. The number of amides is 1. The molecule has 1 heterocycles. The zero-order valence-corrected chi connectivity index (χ0v) is 12.8. The van der Waals surface area contributed by atoms with E-state index in [4.69, 9.17) is 4.74 Å². The number of rotatable bonds is 4. The molecule has 4 heteroatoms. The summed E-state index contributed by atoms with van der Waals surface area (Å²) >= 11 is 0. The summed E-state index contributed by atoms with van der Waals surface area (Å²) in [6.07, 6.45) is 0.975. The molecule has 1 aliphatic rings. The van der Waals surface area contributed by atoms with Crippen LogP contribution in [0.5, 0.6) is 5.75 Å². The predicted octanol–water partition coefficient (Wildman–Crippen LogP) is 2.56. The lowest BCUT2D eigenvalue weighted by molar-refractivity contribution is -0.128. The Labute approximate surface area is 121 Å². The third-order valence-electron chi connectivity index (χ3n) is 3.61. The van der Waals surface area contributed by atoms with Crippen molar-refractivity contribution in [2.45, 2.75) is 33.4 Å². The molecule has 4 nitrogen and oxygen atoms in total. The van der Waals surface area contributed by atoms with Crippen LogP contribution in [0.3, 0.4) is 0 Å². The number of carbonyl (C=O) groups is 1. The summed E-state index contributed by atoms with van der Waals surface area (Å²) in [6.45, 7) is 7.79. The van der Waals surface area contributed by atoms with Gasteiger partial charge in [0, 0.05) is 6.54 Å². The lowest BCUT2D eigenvalue weighted by Gasteiger charge is -2.28. The molecule has 1 saturated heterocycles. The molecule has 0 bridgehead atoms. The fraction of sp³-hybridized carbons (Fsp3) is 0.562. The number of hydrogen-bond donors (Lipinski definition) is 1. The molecule has 0 aliphatic carbocycles. The SMILES string of the molecule is COc1ccc(C2NCC(=O)N2CCC(C)(C)C)cc1. The second-order valence-corrected chi connectivity index (χ2v) is 6.45. The molecular formula is C16H24N2O2. The highest BCUT2D eigenvalue weighted by atomic mass is 16.5. The molecule has 1 N–H and O–H groups in total. The van der Waals surface area contributed by atoms with Crippen molar-refractivity contribution in [2.24, 2.45) is 5.41 Å². The van der Waals surface area contributed by atoms with Crippen LogP contribution in [0, 0.1) is 5.41 Å². The van der Waals surface area contributed by atoms with E-state index in [1.54, 1.807) is 7.11 Å². The molecule has 0 spiro atoms. The van der Waals surface area contributed by atoms with Crippen molar-refractivity contribution in [1.82, 2.24) is 10.2 Å². The number of hydrogen-bond acceptors (Lipinski definition) is 3. The Morgan fingerprint density at radius 1 is 1.30 bits per heavy atom. The maximum Gasteiger partial charge on any atom is 0.238 e. The van der Waals surface area contributed by atoms with Crippen LogP contribution in [-0.4, -0.2) is 31.0 Å². The molecule has 1 aromatic carbocycles. The Morgan fingerprint density at radius 2 is 1.95 bits per heavy atom. The van der Waals surface area contributed by atoms with Crippen LogP contribution in [0.15, 0.2) is 24.3 Å². The molecule has 110 valence electrons. The van der Waals surface area contributed by atoms with E-state index >= 15 is 0 Å². The van der Waals surface area contributed by atoms with Crippen molar-refractivity contribution in [3.63, 3.8) is 0 Å². The van der Waals surface area contributed by atoms with Gasteiger partial charge in [0.2, 0.25) is 5.91 Å². The van der Waals surface area contributed by atoms with Gasteiger partial charge in [-0.05, 0) is 29.5 Å². The van der Waals surface area contributed by atoms with Gasteiger partial charge in [0.05, 0.1) is 13.7 Å². The first-order valence-electron chi connectivity index (χ1n) is 7.07. The molecule has 20 heavy (non-hydrogen) atoms. The summed E-state index contributed by atoms with van der Waals surface area (Å²) in [4.78, 5) is 14.0. The van der Waals surface area contributed by atoms with Crippen molar-refractivity contribution in [1.29, 1.82) is 0 Å². The summed E-state index contributed by atoms with van der Waals surface area (Å²) in [5, 5.41) is 3.28. The molecule has 0 saturated carbocycles. The molecule has 1 fully saturated rings. The zero-order chi connectivity index (χ0) is 14.8. The Balaban J connectivity index is 2.10. The van der Waals surface area contributed by atoms with Crippen molar-refractivity contribution in [3.8, 4) is 5.75 Å². The van der Waals surface area contributed by atoms with E-state index in [1.807, 2.05) is 29.2 Å². The average molecular weight is 276 g/mol. The first kappa shape index (κ1) is 14.9. The van der Waals surface area contributed by atoms with Crippen LogP contribution >= 0.6 is 0 Å². The highest BCUT2D eigenvalue weighted by Gasteiger charge is 2.31. The Bertz CT molecular complexity index is 462. The Morgan fingerprint density at radius 3 is 2.50 bits per heavy atom. The largest absolute Gasteiger partial charge is 0.497 e. The molecule has 0 aromatic heterocycles. The molecule has 0 radical (unpaired) electrons. The van der Waals surface area contributed by atoms with Gasteiger partial charge in [0.25, 0.3) is 0 Å². The van der Waals surface area contributed by atoms with E-state index < -0.39 is 0 Å². The van der Waals surface area contributed by atoms with E-state index in [-0.39, 0.29) is 17.5 Å². The molecule has 1 amide bonds. The lowest BCUT2D eigenvalue weighted by atomic mass is 9.92. The second kappa shape index (κ2) is 5.83. The maximum absolute atomic E-state index is 12.0. The quantitative estimate of drug-likeness (QED) is 0.919. The number of ether oxygens (including phenoxy) is 1. The van der Waals surface area contributed by atoms with Crippen LogP contribution < -0.4 is 10.1 Å².